The number of nitrogens with two attached hydrogens (primary N) is 2. The van der Waals surface area contributed by atoms with Gasteiger partial charge in [-0.2, -0.15) is 5.10 Å². The number of aromatic nitrogens is 2. The van der Waals surface area contributed by atoms with E-state index >= 15 is 0 Å². The van der Waals surface area contributed by atoms with Crippen LogP contribution in [0.3, 0.4) is 0 Å². The van der Waals surface area contributed by atoms with E-state index in [1.54, 1.807) is 28.9 Å². The molecule has 5 heteroatoms. The summed E-state index contributed by atoms with van der Waals surface area (Å²) in [7, 11) is 0. The second kappa shape index (κ2) is 4.24. The first-order valence-electron chi connectivity index (χ1n) is 5.04. The zero-order chi connectivity index (χ0) is 11.5. The van der Waals surface area contributed by atoms with Gasteiger partial charge in [-0.3, -0.25) is 0 Å². The van der Waals surface area contributed by atoms with Gasteiger partial charge in [0.2, 0.25) is 0 Å². The van der Waals surface area contributed by atoms with Crippen LogP contribution in [-0.2, 0) is 6.42 Å². The largest absolute Gasteiger partial charge is 0.508 e. The van der Waals surface area contributed by atoms with E-state index in [1.165, 1.54) is 0 Å². The maximum atomic E-state index is 9.18. The Morgan fingerprint density at radius 1 is 1.25 bits per heavy atom. The van der Waals surface area contributed by atoms with Gasteiger partial charge in [0.05, 0.1) is 5.69 Å². The van der Waals surface area contributed by atoms with Gasteiger partial charge in [0, 0.05) is 11.8 Å². The molecule has 2 aromatic rings. The number of rotatable bonds is 3. The van der Waals surface area contributed by atoms with Gasteiger partial charge in [-0.15, -0.1) is 0 Å². The zero-order valence-electron chi connectivity index (χ0n) is 8.80. The number of phenolic OH excluding ortho intramolecular Hbond substituents is 1. The summed E-state index contributed by atoms with van der Waals surface area (Å²) in [5.74, 6) is 0.726. The molecule has 0 saturated heterocycles. The summed E-state index contributed by atoms with van der Waals surface area (Å²) in [6, 6.07) is 6.76. The van der Waals surface area contributed by atoms with Gasteiger partial charge >= 0.3 is 0 Å². The molecule has 5 N–H and O–H groups in total. The van der Waals surface area contributed by atoms with Gasteiger partial charge < -0.3 is 16.6 Å². The number of nitrogens with zero attached hydrogens (tertiary/aromatic N) is 2. The smallest absolute Gasteiger partial charge is 0.149 e. The Balaban J connectivity index is 2.33. The van der Waals surface area contributed by atoms with Gasteiger partial charge in [0.15, 0.2) is 0 Å². The van der Waals surface area contributed by atoms with Crippen LogP contribution in [0.15, 0.2) is 30.5 Å². The summed E-state index contributed by atoms with van der Waals surface area (Å²) >= 11 is 0. The van der Waals surface area contributed by atoms with E-state index in [4.69, 9.17) is 11.5 Å². The molecule has 84 valence electrons. The van der Waals surface area contributed by atoms with Crippen molar-refractivity contribution >= 4 is 5.82 Å². The van der Waals surface area contributed by atoms with Crippen molar-refractivity contribution in [2.75, 3.05) is 12.3 Å². The molecule has 0 spiro atoms. The predicted molar refractivity (Wildman–Crippen MR) is 62.4 cm³/mol. The van der Waals surface area contributed by atoms with E-state index in [1.807, 2.05) is 6.20 Å². The summed E-state index contributed by atoms with van der Waals surface area (Å²) in [6.45, 7) is 0.547. The highest BCUT2D eigenvalue weighted by molar-refractivity contribution is 5.43. The van der Waals surface area contributed by atoms with Gasteiger partial charge in [-0.1, -0.05) is 0 Å². The molecular weight excluding hydrogens is 204 g/mol. The Morgan fingerprint density at radius 2 is 1.94 bits per heavy atom. The van der Waals surface area contributed by atoms with E-state index in [0.717, 1.165) is 11.3 Å². The van der Waals surface area contributed by atoms with Crippen LogP contribution in [0.2, 0.25) is 0 Å². The normalized spacial score (nSPS) is 10.6. The van der Waals surface area contributed by atoms with Crippen LogP contribution in [0, 0.1) is 0 Å². The average molecular weight is 218 g/mol. The van der Waals surface area contributed by atoms with Crippen molar-refractivity contribution in [1.29, 1.82) is 0 Å². The van der Waals surface area contributed by atoms with Crippen LogP contribution >= 0.6 is 0 Å². The third kappa shape index (κ3) is 1.99. The molecule has 2 rings (SSSR count). The average Bonchev–Trinajstić information content (AvgIpc) is 2.62. The summed E-state index contributed by atoms with van der Waals surface area (Å²) in [6.07, 6.45) is 2.57. The molecule has 0 amide bonds. The van der Waals surface area contributed by atoms with Crippen LogP contribution in [0.1, 0.15) is 5.56 Å². The van der Waals surface area contributed by atoms with Crippen molar-refractivity contribution in [3.63, 3.8) is 0 Å². The Hall–Kier alpha value is -2.01. The monoisotopic (exact) mass is 218 g/mol. The van der Waals surface area contributed by atoms with Crippen molar-refractivity contribution in [2.45, 2.75) is 6.42 Å². The standard InChI is InChI=1S/C11H14N4O/c12-6-5-8-7-15(14-11(8)13)9-1-3-10(16)4-2-9/h1-4,7,16H,5-6,12H2,(H2,13,14). The minimum atomic E-state index is 0.228. The lowest BCUT2D eigenvalue weighted by molar-refractivity contribution is 0.475. The number of nitrogen functional groups attached to an aromatic ring is 1. The lowest BCUT2D eigenvalue weighted by Gasteiger charge is -2.00. The molecule has 0 bridgehead atoms. The molecule has 0 saturated carbocycles. The van der Waals surface area contributed by atoms with Crippen LogP contribution in [0.4, 0.5) is 5.82 Å². The SMILES string of the molecule is NCCc1cn(-c2ccc(O)cc2)nc1N. The highest BCUT2D eigenvalue weighted by Crippen LogP contribution is 2.16. The fourth-order valence-electron chi connectivity index (χ4n) is 1.51. The van der Waals surface area contributed by atoms with Gasteiger partial charge in [-0.25, -0.2) is 4.68 Å². The van der Waals surface area contributed by atoms with Crippen LogP contribution in [0.5, 0.6) is 5.75 Å². The lowest BCUT2D eigenvalue weighted by Crippen LogP contribution is -2.03. The maximum absolute atomic E-state index is 9.18. The summed E-state index contributed by atoms with van der Waals surface area (Å²) < 4.78 is 1.68. The maximum Gasteiger partial charge on any atom is 0.149 e. The predicted octanol–water partition coefficient (Wildman–Crippen LogP) is 0.661. The van der Waals surface area contributed by atoms with E-state index in [0.29, 0.717) is 18.8 Å². The first kappa shape index (κ1) is 10.5. The number of hydrogen-bond donors (Lipinski definition) is 3. The summed E-state index contributed by atoms with van der Waals surface area (Å²) in [5.41, 5.74) is 13.0. The van der Waals surface area contributed by atoms with Crippen LogP contribution < -0.4 is 11.5 Å². The van der Waals surface area contributed by atoms with E-state index in [2.05, 4.69) is 5.10 Å². The fourth-order valence-corrected chi connectivity index (χ4v) is 1.51. The van der Waals surface area contributed by atoms with Crippen molar-refractivity contribution in [2.24, 2.45) is 5.73 Å². The highest BCUT2D eigenvalue weighted by Gasteiger charge is 2.06. The third-order valence-corrected chi connectivity index (χ3v) is 2.35. The second-order valence-corrected chi connectivity index (χ2v) is 3.54. The van der Waals surface area contributed by atoms with Gasteiger partial charge in [0.1, 0.15) is 11.6 Å². The number of aromatic hydroxyl groups is 1. The molecule has 0 atom stereocenters. The molecule has 1 aromatic carbocycles. The number of hydrogen-bond acceptors (Lipinski definition) is 4. The fraction of sp³-hybridized carbons (Fsp3) is 0.182. The lowest BCUT2D eigenvalue weighted by atomic mass is 10.2. The number of phenols is 1. The molecule has 0 unspecified atom stereocenters. The van der Waals surface area contributed by atoms with Crippen molar-refractivity contribution < 1.29 is 5.11 Å². The van der Waals surface area contributed by atoms with Crippen molar-refractivity contribution in [3.8, 4) is 11.4 Å². The Bertz CT molecular complexity index is 475. The van der Waals surface area contributed by atoms with E-state index < -0.39 is 0 Å². The first-order valence-corrected chi connectivity index (χ1v) is 5.04. The molecule has 0 aliphatic heterocycles. The minimum Gasteiger partial charge on any atom is -0.508 e. The summed E-state index contributed by atoms with van der Waals surface area (Å²) in [4.78, 5) is 0. The molecule has 1 heterocycles. The third-order valence-electron chi connectivity index (χ3n) is 2.35. The van der Waals surface area contributed by atoms with E-state index in [9.17, 15) is 5.11 Å². The van der Waals surface area contributed by atoms with Crippen LogP contribution in [0.25, 0.3) is 5.69 Å². The van der Waals surface area contributed by atoms with Gasteiger partial charge in [0.25, 0.3) is 0 Å². The Labute approximate surface area is 93.3 Å². The number of benzene rings is 1. The van der Waals surface area contributed by atoms with Crippen molar-refractivity contribution in [3.05, 3.63) is 36.0 Å². The van der Waals surface area contributed by atoms with Crippen molar-refractivity contribution in [1.82, 2.24) is 9.78 Å². The molecule has 16 heavy (non-hydrogen) atoms. The molecule has 0 radical (unpaired) electrons. The molecular formula is C11H14N4O. The molecule has 0 fully saturated rings. The quantitative estimate of drug-likeness (QED) is 0.706. The number of anilines is 1. The second-order valence-electron chi connectivity index (χ2n) is 3.54. The molecule has 1 aromatic heterocycles. The molecule has 0 aliphatic rings. The van der Waals surface area contributed by atoms with E-state index in [-0.39, 0.29) is 5.75 Å². The minimum absolute atomic E-state index is 0.228. The summed E-state index contributed by atoms with van der Waals surface area (Å²) in [5, 5.41) is 13.4. The Morgan fingerprint density at radius 3 is 2.56 bits per heavy atom. The molecule has 0 aliphatic carbocycles. The Kier molecular flexibility index (Phi) is 2.78. The van der Waals surface area contributed by atoms with Gasteiger partial charge in [-0.05, 0) is 37.2 Å². The van der Waals surface area contributed by atoms with Crippen LogP contribution in [-0.4, -0.2) is 21.4 Å². The highest BCUT2D eigenvalue weighted by atomic mass is 16.3. The molecule has 5 nitrogen and oxygen atoms in total. The zero-order valence-corrected chi connectivity index (χ0v) is 8.80. The topological polar surface area (TPSA) is 90.1 Å². The first-order chi connectivity index (χ1) is 7.70.